The summed E-state index contributed by atoms with van der Waals surface area (Å²) in [6.07, 6.45) is 1.15. The summed E-state index contributed by atoms with van der Waals surface area (Å²) in [6.45, 7) is 0.0939. The molecule has 0 amide bonds. The summed E-state index contributed by atoms with van der Waals surface area (Å²) in [6, 6.07) is 0. The van der Waals surface area contributed by atoms with Crippen LogP contribution in [0.1, 0.15) is 19.3 Å². The summed E-state index contributed by atoms with van der Waals surface area (Å²) in [5.74, 6) is -1.17. The van der Waals surface area contributed by atoms with Crippen LogP contribution in [0.2, 0.25) is 0 Å². The molecule has 0 atom stereocenters. The van der Waals surface area contributed by atoms with Crippen molar-refractivity contribution in [1.29, 1.82) is 0 Å². The van der Waals surface area contributed by atoms with Crippen LogP contribution in [-0.2, 0) is 0 Å². The van der Waals surface area contributed by atoms with Gasteiger partial charge in [-0.15, -0.1) is 0 Å². The summed E-state index contributed by atoms with van der Waals surface area (Å²) in [7, 11) is 0. The Balaban J connectivity index is 2.41. The molecule has 1 heterocycles. The van der Waals surface area contributed by atoms with Crippen molar-refractivity contribution in [2.45, 2.75) is 25.2 Å². The molecule has 0 aliphatic carbocycles. The van der Waals surface area contributed by atoms with E-state index in [9.17, 15) is 8.78 Å². The molecular weight excluding hydrogens is 180 g/mol. The van der Waals surface area contributed by atoms with Gasteiger partial charge in [-0.2, -0.15) is 11.8 Å². The van der Waals surface area contributed by atoms with Crippen LogP contribution in [0.4, 0.5) is 8.78 Å². The van der Waals surface area contributed by atoms with Gasteiger partial charge in [-0.3, -0.25) is 0 Å². The Morgan fingerprint density at radius 2 is 1.92 bits per heavy atom. The number of hydrogen-bond acceptors (Lipinski definition) is 2. The quantitative estimate of drug-likeness (QED) is 0.746. The van der Waals surface area contributed by atoms with Crippen LogP contribution in [0.15, 0.2) is 0 Å². The Morgan fingerprint density at radius 3 is 2.42 bits per heavy atom. The Bertz CT molecular complexity index is 135. The lowest BCUT2D eigenvalue weighted by Crippen LogP contribution is -2.33. The first-order valence-corrected chi connectivity index (χ1v) is 5.48. The zero-order chi connectivity index (χ0) is 9.03. The number of nitrogens with two attached hydrogens (primary N) is 1. The lowest BCUT2D eigenvalue weighted by molar-refractivity contribution is -0.0657. The van der Waals surface area contributed by atoms with Gasteiger partial charge in [0.15, 0.2) is 0 Å². The molecule has 0 aromatic heterocycles. The summed E-state index contributed by atoms with van der Waals surface area (Å²) in [4.78, 5) is 0. The van der Waals surface area contributed by atoms with Crippen molar-refractivity contribution in [1.82, 2.24) is 0 Å². The minimum Gasteiger partial charge on any atom is -0.330 e. The maximum atomic E-state index is 13.2. The van der Waals surface area contributed by atoms with E-state index in [1.165, 1.54) is 0 Å². The fourth-order valence-electron chi connectivity index (χ4n) is 1.52. The Morgan fingerprint density at radius 1 is 1.33 bits per heavy atom. The van der Waals surface area contributed by atoms with E-state index >= 15 is 0 Å². The van der Waals surface area contributed by atoms with E-state index in [1.54, 1.807) is 11.8 Å². The van der Waals surface area contributed by atoms with Crippen LogP contribution < -0.4 is 5.73 Å². The summed E-state index contributed by atoms with van der Waals surface area (Å²) >= 11 is 1.77. The third kappa shape index (κ3) is 2.59. The first-order chi connectivity index (χ1) is 5.67. The molecule has 0 bridgehead atoms. The molecule has 1 nitrogen and oxygen atoms in total. The Kier molecular flexibility index (Phi) is 3.77. The molecule has 1 aliphatic heterocycles. The van der Waals surface area contributed by atoms with Gasteiger partial charge in [0.2, 0.25) is 0 Å². The van der Waals surface area contributed by atoms with Crippen LogP contribution >= 0.6 is 11.8 Å². The molecule has 12 heavy (non-hydrogen) atoms. The molecule has 0 radical (unpaired) electrons. The lowest BCUT2D eigenvalue weighted by atomic mass is 9.93. The monoisotopic (exact) mass is 195 g/mol. The third-order valence-corrected chi connectivity index (χ3v) is 3.34. The molecular formula is C8H15F2NS. The molecule has 0 aromatic rings. The number of hydrogen-bond donors (Lipinski definition) is 1. The van der Waals surface area contributed by atoms with Gasteiger partial charge in [-0.1, -0.05) is 0 Å². The number of rotatable bonds is 3. The molecule has 0 saturated carbocycles. The highest BCUT2D eigenvalue weighted by molar-refractivity contribution is 7.99. The van der Waals surface area contributed by atoms with Gasteiger partial charge in [-0.25, -0.2) is 8.78 Å². The SMILES string of the molecule is NCCC(F)(F)C1CCSCC1. The summed E-state index contributed by atoms with van der Waals surface area (Å²) in [5, 5.41) is 0. The fraction of sp³-hybridized carbons (Fsp3) is 1.00. The predicted octanol–water partition coefficient (Wildman–Crippen LogP) is 2.11. The van der Waals surface area contributed by atoms with E-state index in [0.29, 0.717) is 12.8 Å². The van der Waals surface area contributed by atoms with Crippen LogP contribution in [0.3, 0.4) is 0 Å². The molecule has 1 rings (SSSR count). The van der Waals surface area contributed by atoms with Crippen LogP contribution in [0.25, 0.3) is 0 Å². The van der Waals surface area contributed by atoms with Crippen molar-refractivity contribution >= 4 is 11.8 Å². The van der Waals surface area contributed by atoms with Crippen molar-refractivity contribution in [3.05, 3.63) is 0 Å². The number of halogens is 2. The predicted molar refractivity (Wildman–Crippen MR) is 48.7 cm³/mol. The van der Waals surface area contributed by atoms with Gasteiger partial charge in [0, 0.05) is 12.3 Å². The van der Waals surface area contributed by atoms with E-state index < -0.39 is 11.8 Å². The topological polar surface area (TPSA) is 26.0 Å². The average Bonchev–Trinajstić information content (AvgIpc) is 2.06. The minimum atomic E-state index is -2.52. The van der Waals surface area contributed by atoms with E-state index in [0.717, 1.165) is 11.5 Å². The second-order valence-electron chi connectivity index (χ2n) is 3.19. The van der Waals surface area contributed by atoms with Gasteiger partial charge in [0.25, 0.3) is 5.92 Å². The van der Waals surface area contributed by atoms with E-state index in [-0.39, 0.29) is 13.0 Å². The third-order valence-electron chi connectivity index (χ3n) is 2.30. The van der Waals surface area contributed by atoms with Gasteiger partial charge >= 0.3 is 0 Å². The van der Waals surface area contributed by atoms with Crippen LogP contribution in [0.5, 0.6) is 0 Å². The maximum Gasteiger partial charge on any atom is 0.252 e. The van der Waals surface area contributed by atoms with Gasteiger partial charge in [0.1, 0.15) is 0 Å². The van der Waals surface area contributed by atoms with E-state index in [2.05, 4.69) is 0 Å². The van der Waals surface area contributed by atoms with E-state index in [4.69, 9.17) is 5.73 Å². The highest BCUT2D eigenvalue weighted by atomic mass is 32.2. The molecule has 72 valence electrons. The molecule has 0 spiro atoms. The van der Waals surface area contributed by atoms with Crippen LogP contribution in [-0.4, -0.2) is 24.0 Å². The lowest BCUT2D eigenvalue weighted by Gasteiger charge is -2.29. The number of alkyl halides is 2. The standard InChI is InChI=1S/C8H15F2NS/c9-8(10,3-4-11)7-1-5-12-6-2-7/h7H,1-6,11H2. The summed E-state index contributed by atoms with van der Waals surface area (Å²) in [5.41, 5.74) is 5.14. The molecule has 1 fully saturated rings. The molecule has 1 saturated heterocycles. The normalized spacial score (nSPS) is 21.2. The minimum absolute atomic E-state index is 0.0939. The zero-order valence-electron chi connectivity index (χ0n) is 7.06. The second kappa shape index (κ2) is 4.42. The first kappa shape index (κ1) is 10.3. The van der Waals surface area contributed by atoms with Crippen molar-refractivity contribution in [3.8, 4) is 0 Å². The first-order valence-electron chi connectivity index (χ1n) is 4.32. The zero-order valence-corrected chi connectivity index (χ0v) is 7.88. The van der Waals surface area contributed by atoms with Gasteiger partial charge in [-0.05, 0) is 30.9 Å². The fourth-order valence-corrected chi connectivity index (χ4v) is 2.62. The number of thioether (sulfide) groups is 1. The van der Waals surface area contributed by atoms with Crippen molar-refractivity contribution in [3.63, 3.8) is 0 Å². The van der Waals surface area contributed by atoms with Gasteiger partial charge < -0.3 is 5.73 Å². The van der Waals surface area contributed by atoms with E-state index in [1.807, 2.05) is 0 Å². The molecule has 0 aromatic carbocycles. The van der Waals surface area contributed by atoms with Crippen LogP contribution in [0, 0.1) is 5.92 Å². The highest BCUT2D eigenvalue weighted by Gasteiger charge is 2.38. The molecule has 0 unspecified atom stereocenters. The van der Waals surface area contributed by atoms with Crippen molar-refractivity contribution in [2.24, 2.45) is 11.7 Å². The molecule has 4 heteroatoms. The summed E-state index contributed by atoms with van der Waals surface area (Å²) < 4.78 is 26.4. The highest BCUT2D eigenvalue weighted by Crippen LogP contribution is 2.37. The second-order valence-corrected chi connectivity index (χ2v) is 4.41. The Labute approximate surface area is 76.1 Å². The molecule has 2 N–H and O–H groups in total. The largest absolute Gasteiger partial charge is 0.330 e. The van der Waals surface area contributed by atoms with Crippen molar-refractivity contribution < 1.29 is 8.78 Å². The van der Waals surface area contributed by atoms with Crippen molar-refractivity contribution in [2.75, 3.05) is 18.1 Å². The molecule has 1 aliphatic rings. The van der Waals surface area contributed by atoms with Gasteiger partial charge in [0.05, 0.1) is 0 Å². The Hall–Kier alpha value is 0.170. The average molecular weight is 195 g/mol. The smallest absolute Gasteiger partial charge is 0.252 e. The maximum absolute atomic E-state index is 13.2.